The average molecular weight is 219 g/mol. The molecule has 0 aromatic heterocycles. The Morgan fingerprint density at radius 1 is 0.875 bits per heavy atom. The Labute approximate surface area is 98.1 Å². The average Bonchev–Trinajstić information content (AvgIpc) is 2.37. The standard InChI is InChI=1S/C13H19BO2/c1-10-6-8-11(9-7-10)14-15-12(2,3)13(4,5)16-14/h6-9H,1-5H3/i1+1. The van der Waals surface area contributed by atoms with Gasteiger partial charge in [0.1, 0.15) is 0 Å². The van der Waals surface area contributed by atoms with E-state index in [9.17, 15) is 0 Å². The van der Waals surface area contributed by atoms with Crippen LogP contribution in [0.5, 0.6) is 0 Å². The minimum atomic E-state index is -0.261. The maximum absolute atomic E-state index is 5.97. The van der Waals surface area contributed by atoms with E-state index in [4.69, 9.17) is 9.31 Å². The Morgan fingerprint density at radius 3 is 1.75 bits per heavy atom. The van der Waals surface area contributed by atoms with Gasteiger partial charge in [0.2, 0.25) is 0 Å². The summed E-state index contributed by atoms with van der Waals surface area (Å²) in [6, 6.07) is 8.30. The molecule has 1 heterocycles. The van der Waals surface area contributed by atoms with Crippen molar-refractivity contribution in [1.82, 2.24) is 0 Å². The van der Waals surface area contributed by atoms with Crippen LogP contribution in [0, 0.1) is 6.92 Å². The summed E-state index contributed by atoms with van der Waals surface area (Å²) in [7, 11) is -0.245. The number of benzene rings is 1. The highest BCUT2D eigenvalue weighted by molar-refractivity contribution is 6.62. The monoisotopic (exact) mass is 219 g/mol. The largest absolute Gasteiger partial charge is 0.494 e. The van der Waals surface area contributed by atoms with Crippen molar-refractivity contribution in [3.63, 3.8) is 0 Å². The van der Waals surface area contributed by atoms with Crippen molar-refractivity contribution < 1.29 is 9.31 Å². The molecule has 0 unspecified atom stereocenters. The highest BCUT2D eigenvalue weighted by Gasteiger charge is 2.51. The summed E-state index contributed by atoms with van der Waals surface area (Å²) in [6.07, 6.45) is 0. The summed E-state index contributed by atoms with van der Waals surface area (Å²) in [4.78, 5) is 0. The van der Waals surface area contributed by atoms with Gasteiger partial charge < -0.3 is 9.31 Å². The van der Waals surface area contributed by atoms with Crippen molar-refractivity contribution in [2.75, 3.05) is 0 Å². The molecule has 1 aliphatic rings. The smallest absolute Gasteiger partial charge is 0.399 e. The molecule has 0 saturated carbocycles. The molecule has 2 rings (SSSR count). The van der Waals surface area contributed by atoms with Gasteiger partial charge in [-0.05, 0) is 40.1 Å². The van der Waals surface area contributed by atoms with Gasteiger partial charge in [-0.3, -0.25) is 0 Å². The zero-order valence-electron chi connectivity index (χ0n) is 10.7. The number of aryl methyl sites for hydroxylation is 1. The minimum Gasteiger partial charge on any atom is -0.399 e. The zero-order chi connectivity index (χ0) is 12.0. The molecular formula is C13H19BO2. The van der Waals surface area contributed by atoms with Crippen LogP contribution in [0.4, 0.5) is 0 Å². The molecule has 1 aromatic carbocycles. The Kier molecular flexibility index (Phi) is 2.63. The van der Waals surface area contributed by atoms with Crippen molar-refractivity contribution in [3.05, 3.63) is 29.8 Å². The third kappa shape index (κ3) is 1.90. The molecule has 1 fully saturated rings. The van der Waals surface area contributed by atoms with Crippen molar-refractivity contribution >= 4 is 12.6 Å². The van der Waals surface area contributed by atoms with Crippen LogP contribution in [0.1, 0.15) is 33.3 Å². The fourth-order valence-electron chi connectivity index (χ4n) is 1.70. The second-order valence-corrected chi connectivity index (χ2v) is 5.50. The van der Waals surface area contributed by atoms with Crippen molar-refractivity contribution in [1.29, 1.82) is 0 Å². The van der Waals surface area contributed by atoms with Gasteiger partial charge in [-0.2, -0.15) is 0 Å². The van der Waals surface area contributed by atoms with E-state index in [1.54, 1.807) is 0 Å². The third-order valence-electron chi connectivity index (χ3n) is 3.60. The fourth-order valence-corrected chi connectivity index (χ4v) is 1.70. The molecular weight excluding hydrogens is 200 g/mol. The van der Waals surface area contributed by atoms with E-state index >= 15 is 0 Å². The lowest BCUT2D eigenvalue weighted by Crippen LogP contribution is -2.41. The van der Waals surface area contributed by atoms with Crippen LogP contribution >= 0.6 is 0 Å². The molecule has 0 bridgehead atoms. The van der Waals surface area contributed by atoms with E-state index in [1.165, 1.54) is 5.56 Å². The number of hydrogen-bond acceptors (Lipinski definition) is 2. The van der Waals surface area contributed by atoms with Crippen molar-refractivity contribution in [3.8, 4) is 0 Å². The van der Waals surface area contributed by atoms with Gasteiger partial charge >= 0.3 is 7.12 Å². The van der Waals surface area contributed by atoms with Crippen LogP contribution in [0.25, 0.3) is 0 Å². The fraction of sp³-hybridized carbons (Fsp3) is 0.538. The molecule has 0 spiro atoms. The Balaban J connectivity index is 2.23. The van der Waals surface area contributed by atoms with E-state index in [1.807, 2.05) is 0 Å². The van der Waals surface area contributed by atoms with E-state index in [2.05, 4.69) is 58.9 Å². The van der Waals surface area contributed by atoms with Crippen LogP contribution in [0.3, 0.4) is 0 Å². The predicted octanol–water partition coefficient (Wildman–Crippen LogP) is 2.29. The van der Waals surface area contributed by atoms with E-state index in [-0.39, 0.29) is 18.3 Å². The van der Waals surface area contributed by atoms with Crippen LogP contribution in [0.2, 0.25) is 0 Å². The maximum Gasteiger partial charge on any atom is 0.494 e. The van der Waals surface area contributed by atoms with Crippen LogP contribution in [-0.2, 0) is 9.31 Å². The second kappa shape index (κ2) is 3.61. The topological polar surface area (TPSA) is 18.5 Å². The maximum atomic E-state index is 5.97. The molecule has 1 aromatic rings. The molecule has 3 heteroatoms. The van der Waals surface area contributed by atoms with Gasteiger partial charge in [-0.15, -0.1) is 0 Å². The highest BCUT2D eigenvalue weighted by Crippen LogP contribution is 2.36. The highest BCUT2D eigenvalue weighted by atomic mass is 16.7. The van der Waals surface area contributed by atoms with E-state index in [0.29, 0.717) is 0 Å². The molecule has 0 radical (unpaired) electrons. The van der Waals surface area contributed by atoms with Gasteiger partial charge in [0.15, 0.2) is 0 Å². The number of rotatable bonds is 1. The Hall–Kier alpha value is -0.795. The summed E-state index contributed by atoms with van der Waals surface area (Å²) in [5.74, 6) is 0. The summed E-state index contributed by atoms with van der Waals surface area (Å²) in [5.41, 5.74) is 1.81. The molecule has 0 atom stereocenters. The lowest BCUT2D eigenvalue weighted by molar-refractivity contribution is 0.00578. The first kappa shape index (κ1) is 11.7. The van der Waals surface area contributed by atoms with E-state index in [0.717, 1.165) is 5.46 Å². The van der Waals surface area contributed by atoms with Crippen LogP contribution < -0.4 is 5.46 Å². The van der Waals surface area contributed by atoms with Gasteiger partial charge in [0.25, 0.3) is 0 Å². The normalized spacial score (nSPS) is 22.4. The third-order valence-corrected chi connectivity index (χ3v) is 3.60. The molecule has 1 saturated heterocycles. The predicted molar refractivity (Wildman–Crippen MR) is 66.9 cm³/mol. The van der Waals surface area contributed by atoms with Crippen molar-refractivity contribution in [2.24, 2.45) is 0 Å². The summed E-state index contributed by atoms with van der Waals surface area (Å²) < 4.78 is 11.9. The summed E-state index contributed by atoms with van der Waals surface area (Å²) in [6.45, 7) is 10.4. The molecule has 0 amide bonds. The first-order valence-electron chi connectivity index (χ1n) is 5.74. The quantitative estimate of drug-likeness (QED) is 0.533. The summed E-state index contributed by atoms with van der Waals surface area (Å²) >= 11 is 0. The second-order valence-electron chi connectivity index (χ2n) is 5.50. The number of hydrogen-bond donors (Lipinski definition) is 0. The Morgan fingerprint density at radius 2 is 1.31 bits per heavy atom. The van der Waals surface area contributed by atoms with Gasteiger partial charge in [0, 0.05) is 0 Å². The lowest BCUT2D eigenvalue weighted by atomic mass is 9.79. The van der Waals surface area contributed by atoms with Crippen LogP contribution in [-0.4, -0.2) is 18.3 Å². The molecule has 16 heavy (non-hydrogen) atoms. The molecule has 86 valence electrons. The zero-order valence-corrected chi connectivity index (χ0v) is 10.7. The molecule has 1 aliphatic heterocycles. The van der Waals surface area contributed by atoms with Crippen LogP contribution in [0.15, 0.2) is 24.3 Å². The minimum absolute atomic E-state index is 0.245. The first-order chi connectivity index (χ1) is 7.32. The van der Waals surface area contributed by atoms with Crippen molar-refractivity contribution in [2.45, 2.75) is 45.8 Å². The molecule has 2 nitrogen and oxygen atoms in total. The Bertz CT molecular complexity index is 365. The molecule has 0 aliphatic carbocycles. The molecule has 0 N–H and O–H groups in total. The van der Waals surface area contributed by atoms with Gasteiger partial charge in [0.05, 0.1) is 11.2 Å². The summed E-state index contributed by atoms with van der Waals surface area (Å²) in [5, 5.41) is 0. The van der Waals surface area contributed by atoms with E-state index < -0.39 is 0 Å². The van der Waals surface area contributed by atoms with Gasteiger partial charge in [-0.1, -0.05) is 29.8 Å². The lowest BCUT2D eigenvalue weighted by Gasteiger charge is -2.32. The first-order valence-corrected chi connectivity index (χ1v) is 5.74. The van der Waals surface area contributed by atoms with Gasteiger partial charge in [-0.25, -0.2) is 0 Å². The SMILES string of the molecule is CC1(C)OB(c2ccc([13CH3])cc2)OC1(C)C.